The maximum Gasteiger partial charge on any atom is 1.00 e. The minimum Gasteiger partial charge on any atom is -1.00 e. The third-order valence-electron chi connectivity index (χ3n) is 8.10. The fourth-order valence-corrected chi connectivity index (χ4v) is 5.84. The van der Waals surface area contributed by atoms with Gasteiger partial charge in [0, 0.05) is 25.0 Å². The van der Waals surface area contributed by atoms with Crippen molar-refractivity contribution in [1.29, 1.82) is 0 Å². The Labute approximate surface area is 281 Å². The van der Waals surface area contributed by atoms with E-state index < -0.39 is 41.4 Å². The molecule has 240 valence electrons. The first-order valence-electron chi connectivity index (χ1n) is 13.4. The van der Waals surface area contributed by atoms with Crippen LogP contribution in [0, 0.1) is 34.5 Å². The molecule has 2 N–H and O–H groups in total. The van der Waals surface area contributed by atoms with Crippen LogP contribution < -0.4 is 48.2 Å². The van der Waals surface area contributed by atoms with Gasteiger partial charge >= 0.3 is 43.0 Å². The summed E-state index contributed by atoms with van der Waals surface area (Å²) < 4.78 is 20.1. The van der Waals surface area contributed by atoms with E-state index in [1.165, 1.54) is 19.1 Å². The summed E-state index contributed by atoms with van der Waals surface area (Å²) in [5.41, 5.74) is -1.31. The molecule has 11 nitrogen and oxygen atoms in total. The number of alkyl carbamates (subject to hydrolysis) is 1. The van der Waals surface area contributed by atoms with Crippen molar-refractivity contribution in [3.63, 3.8) is 0 Å². The molecule has 1 heterocycles. The number of methoxy groups -OCH3 is 2. The van der Waals surface area contributed by atoms with Gasteiger partial charge in [-0.2, -0.15) is 0 Å². The summed E-state index contributed by atoms with van der Waals surface area (Å²) in [6.45, 7) is 19.4. The van der Waals surface area contributed by atoms with Crippen LogP contribution in [0.15, 0.2) is 0 Å². The summed E-state index contributed by atoms with van der Waals surface area (Å²) in [5.74, 6) is -0.514. The van der Waals surface area contributed by atoms with Crippen LogP contribution in [0.3, 0.4) is 0 Å². The Morgan fingerprint density at radius 1 is 0.929 bits per heavy atom. The van der Waals surface area contributed by atoms with Crippen molar-refractivity contribution in [2.24, 2.45) is 34.5 Å². The molecule has 6 atom stereocenters. The van der Waals surface area contributed by atoms with Crippen molar-refractivity contribution in [1.82, 2.24) is 10.2 Å². The molecule has 3 fully saturated rings. The van der Waals surface area contributed by atoms with E-state index >= 15 is 0 Å². The number of halogens is 1. The van der Waals surface area contributed by atoms with Crippen LogP contribution in [-0.4, -0.2) is 84.8 Å². The van der Waals surface area contributed by atoms with Crippen molar-refractivity contribution >= 4 is 24.1 Å². The van der Waals surface area contributed by atoms with Crippen LogP contribution in [0.1, 0.15) is 76.7 Å². The maximum atomic E-state index is 12.2. The molecule has 2 saturated carbocycles. The average molecular weight is 707 g/mol. The number of carbonyl (C=O) groups is 4. The number of fused-ring (bicyclic) bond motifs is 1. The van der Waals surface area contributed by atoms with Gasteiger partial charge in [0.1, 0.15) is 23.3 Å². The van der Waals surface area contributed by atoms with Crippen molar-refractivity contribution in [2.75, 3.05) is 27.4 Å². The number of amides is 2. The van der Waals surface area contributed by atoms with E-state index in [1.54, 1.807) is 20.8 Å². The normalized spacial score (nSPS) is 26.5. The van der Waals surface area contributed by atoms with Crippen molar-refractivity contribution in [2.45, 2.75) is 99.9 Å². The second kappa shape index (κ2) is 15.2. The Morgan fingerprint density at radius 2 is 1.43 bits per heavy atom. The molecular weight excluding hydrogens is 654 g/mol. The fraction of sp³-hybridized carbons (Fsp3) is 0.862. The maximum absolute atomic E-state index is 12.2. The predicted octanol–water partition coefficient (Wildman–Crippen LogP) is -1.99. The van der Waals surface area contributed by atoms with Gasteiger partial charge in [0.05, 0.1) is 14.2 Å². The number of hydrogen-bond acceptors (Lipinski definition) is 9. The molecule has 0 spiro atoms. The standard InChI is InChI=1S/C14H25NO5.C14H23NO4.CH4.HI.Li/c1-13(2,3)20-12(18)15-10(11(17)19-6)9-8(7-16)14(9,4)5;1-13(2,3)19-12(17)15-7-8-9(14(8,4)5)10(15)11(16)18-6;;;/h8-10,16H,7H2,1-6H3,(H,15,18);8-10H,7H2,1-6H3;1H4;1H;/q;;;;+1/p-1/t2*8-,9-,10?;;;/m00.../s1. The number of likely N-dealkylation sites (tertiary alicyclic amines) is 1. The Morgan fingerprint density at radius 3 is 1.81 bits per heavy atom. The number of carbonyl (C=O) groups excluding carboxylic acids is 4. The Kier molecular flexibility index (Phi) is 15.5. The van der Waals surface area contributed by atoms with Crippen molar-refractivity contribution in [3.05, 3.63) is 0 Å². The molecule has 0 radical (unpaired) electrons. The summed E-state index contributed by atoms with van der Waals surface area (Å²) in [5, 5.41) is 11.9. The third-order valence-corrected chi connectivity index (χ3v) is 8.10. The van der Waals surface area contributed by atoms with E-state index in [0.717, 1.165) is 0 Å². The molecule has 0 aromatic heterocycles. The molecular formula is C29H52ILiN2O9. The molecule has 1 aliphatic heterocycles. The molecule has 3 aliphatic rings. The molecule has 2 unspecified atom stereocenters. The van der Waals surface area contributed by atoms with Crippen LogP contribution in [0.2, 0.25) is 0 Å². The molecule has 2 aliphatic carbocycles. The summed E-state index contributed by atoms with van der Waals surface area (Å²) in [6.07, 6.45) is -1.09. The number of ether oxygens (including phenoxy) is 4. The average Bonchev–Trinajstić information content (AvgIpc) is 3.39. The van der Waals surface area contributed by atoms with Gasteiger partial charge in [-0.25, -0.2) is 19.2 Å². The molecule has 42 heavy (non-hydrogen) atoms. The Balaban J connectivity index is 0. The van der Waals surface area contributed by atoms with Crippen LogP contribution in [0.25, 0.3) is 0 Å². The van der Waals surface area contributed by atoms with E-state index in [0.29, 0.717) is 12.5 Å². The van der Waals surface area contributed by atoms with Crippen LogP contribution >= 0.6 is 0 Å². The molecule has 0 aromatic rings. The van der Waals surface area contributed by atoms with Gasteiger partial charge in [-0.05, 0) is 64.2 Å². The number of rotatable bonds is 5. The zero-order valence-electron chi connectivity index (χ0n) is 26.9. The first kappa shape index (κ1) is 42.9. The molecule has 3 rings (SSSR count). The molecule has 2 amide bonds. The Bertz CT molecular complexity index is 962. The second-order valence-electron chi connectivity index (χ2n) is 13.8. The summed E-state index contributed by atoms with van der Waals surface area (Å²) >= 11 is 0. The number of esters is 2. The van der Waals surface area contributed by atoms with Crippen molar-refractivity contribution in [3.8, 4) is 0 Å². The topological polar surface area (TPSA) is 141 Å². The molecule has 13 heteroatoms. The number of hydrogen-bond donors (Lipinski definition) is 2. The van der Waals surface area contributed by atoms with Crippen LogP contribution in [0.4, 0.5) is 9.59 Å². The zero-order valence-corrected chi connectivity index (χ0v) is 29.1. The molecule has 0 aromatic carbocycles. The van der Waals surface area contributed by atoms with Gasteiger partial charge < -0.3 is 53.3 Å². The molecule has 1 saturated heterocycles. The first-order valence-corrected chi connectivity index (χ1v) is 13.4. The number of nitrogens with zero attached hydrogens (tertiary/aromatic N) is 1. The summed E-state index contributed by atoms with van der Waals surface area (Å²) in [7, 11) is 2.63. The van der Waals surface area contributed by atoms with E-state index in [9.17, 15) is 24.3 Å². The van der Waals surface area contributed by atoms with Crippen molar-refractivity contribution < 1.29 is 86.1 Å². The number of aliphatic hydroxyl groups is 1. The SMILES string of the molecule is C.COC(=O)C(NC(=O)OC(C)(C)C)[C@@H]1[C@H](CO)C1(C)C.COC(=O)C1[C@@H]2[C@H](CN1C(=O)OC(C)(C)C)C2(C)C.[I-].[Li+]. The summed E-state index contributed by atoms with van der Waals surface area (Å²) in [4.78, 5) is 49.3. The summed E-state index contributed by atoms with van der Waals surface area (Å²) in [6, 6.07) is -1.30. The number of nitrogens with one attached hydrogen (secondary N) is 1. The number of aliphatic hydroxyl groups excluding tert-OH is 1. The van der Waals surface area contributed by atoms with Gasteiger partial charge in [0.15, 0.2) is 0 Å². The smallest absolute Gasteiger partial charge is 1.00 e. The van der Waals surface area contributed by atoms with Gasteiger partial charge in [-0.3, -0.25) is 4.90 Å². The van der Waals surface area contributed by atoms with E-state index in [-0.39, 0.29) is 91.4 Å². The van der Waals surface area contributed by atoms with Crippen LogP contribution in [-0.2, 0) is 28.5 Å². The third kappa shape index (κ3) is 9.89. The zero-order chi connectivity index (χ0) is 30.3. The van der Waals surface area contributed by atoms with Gasteiger partial charge in [-0.1, -0.05) is 35.1 Å². The minimum atomic E-state index is -0.804. The van der Waals surface area contributed by atoms with E-state index in [2.05, 4.69) is 19.2 Å². The van der Waals surface area contributed by atoms with E-state index in [4.69, 9.17) is 18.9 Å². The number of piperidine rings is 1. The predicted molar refractivity (Wildman–Crippen MR) is 149 cm³/mol. The quantitative estimate of drug-likeness (QED) is 0.144. The minimum absolute atomic E-state index is 0. The second-order valence-corrected chi connectivity index (χ2v) is 13.8. The van der Waals surface area contributed by atoms with Crippen LogP contribution in [0.5, 0.6) is 0 Å². The van der Waals surface area contributed by atoms with Gasteiger partial charge in [0.25, 0.3) is 0 Å². The van der Waals surface area contributed by atoms with Gasteiger partial charge in [0.2, 0.25) is 0 Å². The Hall–Kier alpha value is -1.23. The monoisotopic (exact) mass is 706 g/mol. The fourth-order valence-electron chi connectivity index (χ4n) is 5.84. The largest absolute Gasteiger partial charge is 1.00 e. The van der Waals surface area contributed by atoms with Gasteiger partial charge in [-0.15, -0.1) is 0 Å². The molecule has 0 bridgehead atoms. The first-order chi connectivity index (χ1) is 17.6. The van der Waals surface area contributed by atoms with E-state index in [1.807, 2.05) is 34.6 Å².